The Kier molecular flexibility index (Phi) is 3.71. The van der Waals surface area contributed by atoms with Crippen LogP contribution in [0.1, 0.15) is 57.8 Å². The van der Waals surface area contributed by atoms with Gasteiger partial charge in [0, 0.05) is 4.83 Å². The molecule has 0 spiro atoms. The van der Waals surface area contributed by atoms with Crippen molar-refractivity contribution in [2.45, 2.75) is 62.6 Å². The molecule has 0 amide bonds. The van der Waals surface area contributed by atoms with Crippen molar-refractivity contribution >= 4 is 15.9 Å². The Hall–Kier alpha value is 0.480. The van der Waals surface area contributed by atoms with E-state index < -0.39 is 0 Å². The molecule has 0 aromatic heterocycles. The van der Waals surface area contributed by atoms with Crippen LogP contribution in [0.2, 0.25) is 0 Å². The lowest BCUT2D eigenvalue weighted by Gasteiger charge is -2.27. The first kappa shape index (κ1) is 10.0. The molecule has 0 radical (unpaired) electrons. The van der Waals surface area contributed by atoms with Gasteiger partial charge in [0.2, 0.25) is 0 Å². The highest BCUT2D eigenvalue weighted by Crippen LogP contribution is 2.37. The molecule has 2 saturated carbocycles. The molecule has 0 N–H and O–H groups in total. The molecular weight excluding hydrogens is 224 g/mol. The Morgan fingerprint density at radius 3 is 2.23 bits per heavy atom. The molecule has 2 aliphatic carbocycles. The minimum Gasteiger partial charge on any atom is -0.0891 e. The van der Waals surface area contributed by atoms with Crippen LogP contribution in [0.4, 0.5) is 0 Å². The third kappa shape index (κ3) is 2.97. The van der Waals surface area contributed by atoms with Gasteiger partial charge in [-0.2, -0.15) is 0 Å². The normalized spacial score (nSPS) is 36.7. The first-order valence-corrected chi connectivity index (χ1v) is 6.90. The van der Waals surface area contributed by atoms with Crippen LogP contribution in [0.3, 0.4) is 0 Å². The van der Waals surface area contributed by atoms with Gasteiger partial charge in [-0.05, 0) is 31.1 Å². The first-order valence-electron chi connectivity index (χ1n) is 5.98. The molecular formula is C12H21Br. The zero-order valence-electron chi connectivity index (χ0n) is 8.47. The summed E-state index contributed by atoms with van der Waals surface area (Å²) in [6.07, 6.45) is 13.5. The van der Waals surface area contributed by atoms with Crippen molar-refractivity contribution in [2.24, 2.45) is 11.8 Å². The van der Waals surface area contributed by atoms with E-state index in [-0.39, 0.29) is 0 Å². The van der Waals surface area contributed by atoms with Crippen LogP contribution in [-0.4, -0.2) is 4.83 Å². The van der Waals surface area contributed by atoms with Crippen molar-refractivity contribution in [3.8, 4) is 0 Å². The molecule has 2 atom stereocenters. The van der Waals surface area contributed by atoms with Crippen molar-refractivity contribution in [3.05, 3.63) is 0 Å². The summed E-state index contributed by atoms with van der Waals surface area (Å²) in [5.41, 5.74) is 0. The summed E-state index contributed by atoms with van der Waals surface area (Å²) in [5, 5.41) is 0. The van der Waals surface area contributed by atoms with Crippen molar-refractivity contribution < 1.29 is 0 Å². The van der Waals surface area contributed by atoms with E-state index in [0.29, 0.717) is 0 Å². The van der Waals surface area contributed by atoms with E-state index in [0.717, 1.165) is 16.7 Å². The maximum atomic E-state index is 3.78. The maximum absolute atomic E-state index is 3.78. The number of alkyl halides is 1. The van der Waals surface area contributed by atoms with E-state index in [1.807, 2.05) is 0 Å². The van der Waals surface area contributed by atoms with Crippen molar-refractivity contribution in [3.63, 3.8) is 0 Å². The van der Waals surface area contributed by atoms with Gasteiger partial charge in [-0.25, -0.2) is 0 Å². The van der Waals surface area contributed by atoms with Gasteiger partial charge in [-0.3, -0.25) is 0 Å². The second-order valence-corrected chi connectivity index (χ2v) is 6.31. The zero-order valence-corrected chi connectivity index (χ0v) is 10.1. The molecule has 2 unspecified atom stereocenters. The lowest BCUT2D eigenvalue weighted by atomic mass is 9.82. The second kappa shape index (κ2) is 4.82. The molecule has 1 heteroatoms. The lowest BCUT2D eigenvalue weighted by molar-refractivity contribution is 0.296. The monoisotopic (exact) mass is 244 g/mol. The Morgan fingerprint density at radius 1 is 0.846 bits per heavy atom. The molecule has 0 saturated heterocycles. The summed E-state index contributed by atoms with van der Waals surface area (Å²) < 4.78 is 0. The van der Waals surface area contributed by atoms with Gasteiger partial charge in [-0.1, -0.05) is 54.5 Å². The van der Waals surface area contributed by atoms with Crippen LogP contribution < -0.4 is 0 Å². The minimum absolute atomic E-state index is 0.840. The third-order valence-electron chi connectivity index (χ3n) is 3.86. The minimum atomic E-state index is 0.840. The molecule has 0 aromatic carbocycles. The Morgan fingerprint density at radius 2 is 1.54 bits per heavy atom. The fourth-order valence-electron chi connectivity index (χ4n) is 3.16. The SMILES string of the molecule is BrC1CCCC(CC2CCCC2)C1. The number of hydrogen-bond acceptors (Lipinski definition) is 0. The average Bonchev–Trinajstić information content (AvgIpc) is 2.57. The fourth-order valence-corrected chi connectivity index (χ4v) is 4.01. The maximum Gasteiger partial charge on any atom is 0.0148 e. The average molecular weight is 245 g/mol. The van der Waals surface area contributed by atoms with Gasteiger partial charge < -0.3 is 0 Å². The lowest BCUT2D eigenvalue weighted by Crippen LogP contribution is -2.17. The molecule has 0 aliphatic heterocycles. The van der Waals surface area contributed by atoms with E-state index in [2.05, 4.69) is 15.9 Å². The highest BCUT2D eigenvalue weighted by molar-refractivity contribution is 9.09. The summed E-state index contributed by atoms with van der Waals surface area (Å²) in [6, 6.07) is 0. The summed E-state index contributed by atoms with van der Waals surface area (Å²) in [7, 11) is 0. The fraction of sp³-hybridized carbons (Fsp3) is 1.00. The highest BCUT2D eigenvalue weighted by Gasteiger charge is 2.24. The standard InChI is InChI=1S/C12H21Br/c13-12-7-3-6-11(9-12)8-10-4-1-2-5-10/h10-12H,1-9H2. The molecule has 0 nitrogen and oxygen atoms in total. The summed E-state index contributed by atoms with van der Waals surface area (Å²) in [6.45, 7) is 0. The van der Waals surface area contributed by atoms with Crippen LogP contribution in [0, 0.1) is 11.8 Å². The molecule has 0 bridgehead atoms. The van der Waals surface area contributed by atoms with Gasteiger partial charge in [0.05, 0.1) is 0 Å². The Labute approximate surface area is 90.6 Å². The number of hydrogen-bond donors (Lipinski definition) is 0. The van der Waals surface area contributed by atoms with Crippen LogP contribution in [0.5, 0.6) is 0 Å². The number of halogens is 1. The first-order chi connectivity index (χ1) is 6.34. The largest absolute Gasteiger partial charge is 0.0891 e. The third-order valence-corrected chi connectivity index (χ3v) is 4.69. The van der Waals surface area contributed by atoms with E-state index in [1.165, 1.54) is 51.4 Å². The molecule has 2 fully saturated rings. The van der Waals surface area contributed by atoms with Gasteiger partial charge >= 0.3 is 0 Å². The van der Waals surface area contributed by atoms with Crippen LogP contribution >= 0.6 is 15.9 Å². The molecule has 0 heterocycles. The van der Waals surface area contributed by atoms with Crippen molar-refractivity contribution in [1.29, 1.82) is 0 Å². The Balaban J connectivity index is 1.73. The van der Waals surface area contributed by atoms with Gasteiger partial charge in [0.25, 0.3) is 0 Å². The molecule has 0 aromatic rings. The predicted molar refractivity (Wildman–Crippen MR) is 61.2 cm³/mol. The summed E-state index contributed by atoms with van der Waals surface area (Å²) in [5.74, 6) is 2.16. The molecule has 76 valence electrons. The Bertz CT molecular complexity index is 149. The topological polar surface area (TPSA) is 0 Å². The second-order valence-electron chi connectivity index (χ2n) is 5.02. The van der Waals surface area contributed by atoms with Crippen LogP contribution in [-0.2, 0) is 0 Å². The molecule has 2 aliphatic rings. The van der Waals surface area contributed by atoms with E-state index in [4.69, 9.17) is 0 Å². The van der Waals surface area contributed by atoms with Gasteiger partial charge in [-0.15, -0.1) is 0 Å². The van der Waals surface area contributed by atoms with Crippen LogP contribution in [0.25, 0.3) is 0 Å². The predicted octanol–water partition coefficient (Wildman–Crippen LogP) is 4.52. The number of rotatable bonds is 2. The molecule has 13 heavy (non-hydrogen) atoms. The molecule has 2 rings (SSSR count). The van der Waals surface area contributed by atoms with Crippen molar-refractivity contribution in [1.82, 2.24) is 0 Å². The smallest absolute Gasteiger partial charge is 0.0148 e. The van der Waals surface area contributed by atoms with E-state index in [9.17, 15) is 0 Å². The summed E-state index contributed by atoms with van der Waals surface area (Å²) >= 11 is 3.78. The highest BCUT2D eigenvalue weighted by atomic mass is 79.9. The van der Waals surface area contributed by atoms with E-state index in [1.54, 1.807) is 6.42 Å². The summed E-state index contributed by atoms with van der Waals surface area (Å²) in [4.78, 5) is 0.840. The zero-order chi connectivity index (χ0) is 9.10. The van der Waals surface area contributed by atoms with Gasteiger partial charge in [0.1, 0.15) is 0 Å². The quantitative estimate of drug-likeness (QED) is 0.627. The van der Waals surface area contributed by atoms with E-state index >= 15 is 0 Å². The van der Waals surface area contributed by atoms with Crippen LogP contribution in [0.15, 0.2) is 0 Å². The van der Waals surface area contributed by atoms with Crippen molar-refractivity contribution in [2.75, 3.05) is 0 Å². The van der Waals surface area contributed by atoms with Gasteiger partial charge in [0.15, 0.2) is 0 Å².